The summed E-state index contributed by atoms with van der Waals surface area (Å²) >= 11 is 0. The van der Waals surface area contributed by atoms with Crippen LogP contribution in [0.2, 0.25) is 0 Å². The highest BCUT2D eigenvalue weighted by Gasteiger charge is 2.28. The topological polar surface area (TPSA) is 64.7 Å². The number of nitrogens with one attached hydrogen (secondary N) is 2. The van der Waals surface area contributed by atoms with Crippen LogP contribution in [0.1, 0.15) is 24.5 Å². The molecule has 1 aliphatic heterocycles. The zero-order chi connectivity index (χ0) is 24.1. The molecule has 0 bridgehead atoms. The molecule has 0 unspecified atom stereocenters. The smallest absolute Gasteiger partial charge is 0.258 e. The number of benzene rings is 3. The zero-order valence-electron chi connectivity index (χ0n) is 19.8. The van der Waals surface area contributed by atoms with Crippen molar-refractivity contribution in [3.05, 3.63) is 90.0 Å². The Bertz CT molecular complexity index is 1200. The molecule has 0 radical (unpaired) electrons. The molecule has 0 saturated carbocycles. The molecule has 6 heteroatoms. The predicted octanol–water partition coefficient (Wildman–Crippen LogP) is 4.92. The molecule has 34 heavy (non-hydrogen) atoms. The van der Waals surface area contributed by atoms with Gasteiger partial charge >= 0.3 is 0 Å². The standard InChI is InChI=1S/C28H30N4O2/c1-20(33)32(19-9-18-31(2)3)23-16-14-22(15-17-23)29-27(21-10-5-4-6-11-21)26-24-12-7-8-13-25(24)30-28(26)34/h4-8,10-17,29H,9,18-19H2,1-3H3,(H,30,34)/b27-26-. The van der Waals surface area contributed by atoms with E-state index in [1.54, 1.807) is 11.8 Å². The van der Waals surface area contributed by atoms with Gasteiger partial charge in [0.05, 0.1) is 11.3 Å². The fraction of sp³-hybridized carbons (Fsp3) is 0.214. The molecule has 0 aliphatic carbocycles. The summed E-state index contributed by atoms with van der Waals surface area (Å²) in [6.07, 6.45) is 0.894. The van der Waals surface area contributed by atoms with Crippen LogP contribution in [0, 0.1) is 0 Å². The van der Waals surface area contributed by atoms with Gasteiger partial charge in [0.25, 0.3) is 5.91 Å². The fourth-order valence-corrected chi connectivity index (χ4v) is 4.13. The number of rotatable bonds is 8. The third-order valence-corrected chi connectivity index (χ3v) is 5.80. The molecule has 3 aromatic rings. The number of hydrogen-bond donors (Lipinski definition) is 2. The minimum absolute atomic E-state index is 0.0193. The maximum absolute atomic E-state index is 12.9. The molecule has 1 heterocycles. The second kappa shape index (κ2) is 10.4. The van der Waals surface area contributed by atoms with Gasteiger partial charge in [-0.3, -0.25) is 9.59 Å². The van der Waals surface area contributed by atoms with Crippen LogP contribution in [0.5, 0.6) is 0 Å². The Kier molecular flexibility index (Phi) is 7.09. The lowest BCUT2D eigenvalue weighted by Crippen LogP contribution is -2.31. The van der Waals surface area contributed by atoms with Crippen molar-refractivity contribution in [1.29, 1.82) is 0 Å². The van der Waals surface area contributed by atoms with E-state index in [0.29, 0.717) is 12.1 Å². The normalized spacial score (nSPS) is 13.9. The second-order valence-electron chi connectivity index (χ2n) is 8.62. The Hall–Kier alpha value is -3.90. The highest BCUT2D eigenvalue weighted by Crippen LogP contribution is 2.37. The molecule has 0 saturated heterocycles. The van der Waals surface area contributed by atoms with Crippen LogP contribution in [0.25, 0.3) is 11.3 Å². The van der Waals surface area contributed by atoms with Gasteiger partial charge in [0.1, 0.15) is 0 Å². The van der Waals surface area contributed by atoms with E-state index >= 15 is 0 Å². The number of hydrogen-bond acceptors (Lipinski definition) is 4. The maximum atomic E-state index is 12.9. The molecule has 3 aromatic carbocycles. The monoisotopic (exact) mass is 454 g/mol. The SMILES string of the molecule is CC(=O)N(CCCN(C)C)c1ccc(N/C(=C2\C(=O)Nc3ccccc32)c2ccccc2)cc1. The van der Waals surface area contributed by atoms with Gasteiger partial charge in [0, 0.05) is 36.1 Å². The fourth-order valence-electron chi connectivity index (χ4n) is 4.13. The van der Waals surface area contributed by atoms with Gasteiger partial charge in [-0.05, 0) is 63.0 Å². The number of anilines is 3. The molecule has 1 aliphatic rings. The van der Waals surface area contributed by atoms with Gasteiger partial charge in [0.2, 0.25) is 5.91 Å². The van der Waals surface area contributed by atoms with E-state index in [4.69, 9.17) is 0 Å². The van der Waals surface area contributed by atoms with Crippen molar-refractivity contribution in [1.82, 2.24) is 4.90 Å². The van der Waals surface area contributed by atoms with Crippen molar-refractivity contribution < 1.29 is 9.59 Å². The lowest BCUT2D eigenvalue weighted by molar-refractivity contribution is -0.116. The van der Waals surface area contributed by atoms with Crippen LogP contribution in [0.15, 0.2) is 78.9 Å². The van der Waals surface area contributed by atoms with Gasteiger partial charge in [-0.25, -0.2) is 0 Å². The number of amides is 2. The van der Waals surface area contributed by atoms with Gasteiger partial charge in [-0.2, -0.15) is 0 Å². The average molecular weight is 455 g/mol. The van der Waals surface area contributed by atoms with Crippen LogP contribution in [-0.2, 0) is 9.59 Å². The Morgan fingerprint density at radius 3 is 2.24 bits per heavy atom. The number of para-hydroxylation sites is 1. The Morgan fingerprint density at radius 1 is 0.882 bits per heavy atom. The van der Waals surface area contributed by atoms with E-state index in [1.807, 2.05) is 93.0 Å². The third-order valence-electron chi connectivity index (χ3n) is 5.80. The number of carbonyl (C=O) groups is 2. The first-order valence-corrected chi connectivity index (χ1v) is 11.4. The van der Waals surface area contributed by atoms with Crippen LogP contribution in [-0.4, -0.2) is 43.9 Å². The van der Waals surface area contributed by atoms with Crippen LogP contribution in [0.4, 0.5) is 17.1 Å². The first-order valence-electron chi connectivity index (χ1n) is 11.4. The molecule has 0 atom stereocenters. The van der Waals surface area contributed by atoms with Crippen molar-refractivity contribution in [3.8, 4) is 0 Å². The highest BCUT2D eigenvalue weighted by molar-refractivity contribution is 6.37. The van der Waals surface area contributed by atoms with Gasteiger partial charge in [0.15, 0.2) is 0 Å². The van der Waals surface area contributed by atoms with E-state index in [9.17, 15) is 9.59 Å². The largest absolute Gasteiger partial charge is 0.354 e. The van der Waals surface area contributed by atoms with Crippen LogP contribution < -0.4 is 15.5 Å². The Morgan fingerprint density at radius 2 is 1.56 bits per heavy atom. The first kappa shape index (κ1) is 23.3. The molecule has 0 fully saturated rings. The van der Waals surface area contributed by atoms with Crippen molar-refractivity contribution in [2.24, 2.45) is 0 Å². The molecule has 0 spiro atoms. The summed E-state index contributed by atoms with van der Waals surface area (Å²) in [5, 5.41) is 6.43. The quantitative estimate of drug-likeness (QED) is 0.474. The van der Waals surface area contributed by atoms with Gasteiger partial charge in [-0.15, -0.1) is 0 Å². The molecule has 2 amide bonds. The summed E-state index contributed by atoms with van der Waals surface area (Å²) in [6.45, 7) is 3.17. The summed E-state index contributed by atoms with van der Waals surface area (Å²) in [4.78, 5) is 29.1. The molecular weight excluding hydrogens is 424 g/mol. The van der Waals surface area contributed by atoms with E-state index in [2.05, 4.69) is 15.5 Å². The second-order valence-corrected chi connectivity index (χ2v) is 8.62. The molecule has 4 rings (SSSR count). The molecule has 174 valence electrons. The predicted molar refractivity (Wildman–Crippen MR) is 140 cm³/mol. The number of nitrogens with zero attached hydrogens (tertiary/aromatic N) is 2. The Balaban J connectivity index is 1.65. The Labute approximate surface area is 200 Å². The maximum Gasteiger partial charge on any atom is 0.258 e. The number of carbonyl (C=O) groups excluding carboxylic acids is 2. The number of fused-ring (bicyclic) bond motifs is 1. The van der Waals surface area contributed by atoms with Crippen molar-refractivity contribution in [3.63, 3.8) is 0 Å². The minimum Gasteiger partial charge on any atom is -0.354 e. The summed E-state index contributed by atoms with van der Waals surface area (Å²) in [7, 11) is 4.06. The van der Waals surface area contributed by atoms with Crippen molar-refractivity contribution in [2.75, 3.05) is 42.7 Å². The molecule has 2 N–H and O–H groups in total. The molecule has 0 aromatic heterocycles. The zero-order valence-corrected chi connectivity index (χ0v) is 19.8. The third kappa shape index (κ3) is 5.18. The van der Waals surface area contributed by atoms with Crippen molar-refractivity contribution >= 4 is 40.1 Å². The summed E-state index contributed by atoms with van der Waals surface area (Å²) in [5.74, 6) is -0.112. The molecular formula is C28H30N4O2. The van der Waals surface area contributed by atoms with E-state index in [1.165, 1.54) is 0 Å². The molecule has 6 nitrogen and oxygen atoms in total. The van der Waals surface area contributed by atoms with Crippen LogP contribution >= 0.6 is 0 Å². The average Bonchev–Trinajstić information content (AvgIpc) is 3.16. The lowest BCUT2D eigenvalue weighted by atomic mass is 10.00. The van der Waals surface area contributed by atoms with Crippen LogP contribution in [0.3, 0.4) is 0 Å². The summed E-state index contributed by atoms with van der Waals surface area (Å²) in [5.41, 5.74) is 5.65. The van der Waals surface area contributed by atoms with Gasteiger partial charge < -0.3 is 20.4 Å². The lowest BCUT2D eigenvalue weighted by Gasteiger charge is -2.23. The van der Waals surface area contributed by atoms with E-state index in [-0.39, 0.29) is 11.8 Å². The van der Waals surface area contributed by atoms with Crippen molar-refractivity contribution in [2.45, 2.75) is 13.3 Å². The first-order chi connectivity index (χ1) is 16.4. The van der Waals surface area contributed by atoms with E-state index < -0.39 is 0 Å². The summed E-state index contributed by atoms with van der Waals surface area (Å²) < 4.78 is 0. The van der Waals surface area contributed by atoms with Gasteiger partial charge in [-0.1, -0.05) is 48.5 Å². The highest BCUT2D eigenvalue weighted by atomic mass is 16.2. The van der Waals surface area contributed by atoms with E-state index in [0.717, 1.165) is 46.9 Å². The minimum atomic E-state index is -0.132. The summed E-state index contributed by atoms with van der Waals surface area (Å²) in [6, 6.07) is 25.3.